The molecule has 2 heterocycles. The van der Waals surface area contributed by atoms with Crippen molar-refractivity contribution in [3.8, 4) is 0 Å². The first-order valence-electron chi connectivity index (χ1n) is 6.68. The normalized spacial score (nSPS) is 11.9. The van der Waals surface area contributed by atoms with Gasteiger partial charge in [-0.1, -0.05) is 6.07 Å². The Kier molecular flexibility index (Phi) is 3.67. The fourth-order valence-electron chi connectivity index (χ4n) is 2.38. The lowest BCUT2D eigenvalue weighted by molar-refractivity contribution is 0.591. The van der Waals surface area contributed by atoms with E-state index in [9.17, 15) is 12.8 Å². The molecule has 2 aromatic heterocycles. The zero-order valence-electron chi connectivity index (χ0n) is 11.6. The molecular weight excluding hydrogens is 305 g/mol. The van der Waals surface area contributed by atoms with Gasteiger partial charge in [0, 0.05) is 30.9 Å². The largest absolute Gasteiger partial charge is 0.330 e. The number of rotatable bonds is 4. The maximum Gasteiger partial charge on any atom is 0.208 e. The molecule has 0 aliphatic rings. The Morgan fingerprint density at radius 3 is 2.77 bits per heavy atom. The van der Waals surface area contributed by atoms with Crippen LogP contribution in [-0.4, -0.2) is 24.5 Å². The van der Waals surface area contributed by atoms with Gasteiger partial charge in [0.05, 0.1) is 9.79 Å². The van der Waals surface area contributed by atoms with E-state index in [0.717, 1.165) is 6.07 Å². The summed E-state index contributed by atoms with van der Waals surface area (Å²) in [4.78, 5) is 4.24. The molecule has 0 fully saturated rings. The number of benzene rings is 1. The zero-order valence-corrected chi connectivity index (χ0v) is 12.4. The second kappa shape index (κ2) is 5.51. The van der Waals surface area contributed by atoms with Crippen LogP contribution in [0.1, 0.15) is 0 Å². The van der Waals surface area contributed by atoms with Crippen molar-refractivity contribution in [3.05, 3.63) is 54.6 Å². The molecular formula is C15H14FN3O2S. The first-order valence-corrected chi connectivity index (χ1v) is 8.17. The van der Waals surface area contributed by atoms with Crippen LogP contribution >= 0.6 is 0 Å². The van der Waals surface area contributed by atoms with E-state index >= 15 is 0 Å². The van der Waals surface area contributed by atoms with E-state index in [1.807, 2.05) is 0 Å². The average Bonchev–Trinajstić information content (AvgIpc) is 2.88. The van der Waals surface area contributed by atoms with Gasteiger partial charge in [-0.05, 0) is 30.3 Å². The van der Waals surface area contributed by atoms with E-state index < -0.39 is 15.7 Å². The molecule has 0 bridgehead atoms. The molecule has 0 aliphatic heterocycles. The van der Waals surface area contributed by atoms with E-state index in [1.54, 1.807) is 22.9 Å². The monoisotopic (exact) mass is 319 g/mol. The van der Waals surface area contributed by atoms with Gasteiger partial charge in [0.15, 0.2) is 0 Å². The van der Waals surface area contributed by atoms with Crippen LogP contribution in [0.3, 0.4) is 0 Å². The number of nitrogens with zero attached hydrogens (tertiary/aromatic N) is 2. The summed E-state index contributed by atoms with van der Waals surface area (Å²) in [5, 5.41) is 0.500. The quantitative estimate of drug-likeness (QED) is 0.797. The van der Waals surface area contributed by atoms with Crippen LogP contribution in [0, 0.1) is 5.82 Å². The number of pyridine rings is 1. The highest BCUT2D eigenvalue weighted by atomic mass is 32.2. The van der Waals surface area contributed by atoms with Crippen LogP contribution in [-0.2, 0) is 16.4 Å². The Labute approximate surface area is 127 Å². The minimum Gasteiger partial charge on any atom is -0.330 e. The number of hydrogen-bond acceptors (Lipinski definition) is 4. The third kappa shape index (κ3) is 2.38. The lowest BCUT2D eigenvalue weighted by Gasteiger charge is -2.03. The highest BCUT2D eigenvalue weighted by Crippen LogP contribution is 2.29. The van der Waals surface area contributed by atoms with E-state index in [1.165, 1.54) is 24.4 Å². The van der Waals surface area contributed by atoms with Crippen LogP contribution in [0.25, 0.3) is 11.0 Å². The lowest BCUT2D eigenvalue weighted by Crippen LogP contribution is -2.09. The summed E-state index contributed by atoms with van der Waals surface area (Å²) in [6.45, 7) is 0.811. The summed E-state index contributed by atoms with van der Waals surface area (Å²) in [6.07, 6.45) is 3.10. The molecule has 2 N–H and O–H groups in total. The van der Waals surface area contributed by atoms with Crippen LogP contribution in [0.5, 0.6) is 0 Å². The van der Waals surface area contributed by atoms with Gasteiger partial charge in [0.1, 0.15) is 11.5 Å². The van der Waals surface area contributed by atoms with Crippen molar-refractivity contribution < 1.29 is 12.8 Å². The molecule has 0 unspecified atom stereocenters. The predicted molar refractivity (Wildman–Crippen MR) is 80.6 cm³/mol. The van der Waals surface area contributed by atoms with Gasteiger partial charge in [-0.15, -0.1) is 0 Å². The minimum atomic E-state index is -3.83. The first-order chi connectivity index (χ1) is 10.5. The lowest BCUT2D eigenvalue weighted by atomic mass is 10.3. The van der Waals surface area contributed by atoms with E-state index in [2.05, 4.69) is 4.98 Å². The summed E-state index contributed by atoms with van der Waals surface area (Å²) in [5.41, 5.74) is 6.10. The van der Waals surface area contributed by atoms with Crippen molar-refractivity contribution in [1.29, 1.82) is 0 Å². The second-order valence-corrected chi connectivity index (χ2v) is 6.73. The van der Waals surface area contributed by atoms with E-state index in [4.69, 9.17) is 5.73 Å². The predicted octanol–water partition coefficient (Wildman–Crippen LogP) is 1.97. The fourth-order valence-corrected chi connectivity index (χ4v) is 3.87. The van der Waals surface area contributed by atoms with Gasteiger partial charge >= 0.3 is 0 Å². The molecule has 3 rings (SSSR count). The van der Waals surface area contributed by atoms with Gasteiger partial charge in [-0.25, -0.2) is 17.8 Å². The van der Waals surface area contributed by atoms with Crippen molar-refractivity contribution in [2.45, 2.75) is 16.3 Å². The molecule has 114 valence electrons. The fraction of sp³-hybridized carbons (Fsp3) is 0.133. The first kappa shape index (κ1) is 14.7. The zero-order chi connectivity index (χ0) is 15.7. The summed E-state index contributed by atoms with van der Waals surface area (Å²) < 4.78 is 40.6. The van der Waals surface area contributed by atoms with Crippen molar-refractivity contribution in [2.75, 3.05) is 6.54 Å². The van der Waals surface area contributed by atoms with Gasteiger partial charge in [0.2, 0.25) is 9.84 Å². The Balaban J connectivity index is 2.25. The SMILES string of the molecule is NCCn1cc(S(=O)(=O)c2cccc(F)c2)c2cccnc21. The molecule has 3 aromatic rings. The van der Waals surface area contributed by atoms with Crippen molar-refractivity contribution in [2.24, 2.45) is 5.73 Å². The van der Waals surface area contributed by atoms with Gasteiger partial charge < -0.3 is 10.3 Å². The maximum atomic E-state index is 13.4. The summed E-state index contributed by atoms with van der Waals surface area (Å²) in [7, 11) is -3.83. The number of fused-ring (bicyclic) bond motifs is 1. The Morgan fingerprint density at radius 1 is 1.23 bits per heavy atom. The number of sulfone groups is 1. The van der Waals surface area contributed by atoms with Crippen LogP contribution in [0.2, 0.25) is 0 Å². The minimum absolute atomic E-state index is 0.0804. The van der Waals surface area contributed by atoms with Crippen molar-refractivity contribution in [3.63, 3.8) is 0 Å². The number of aromatic nitrogens is 2. The summed E-state index contributed by atoms with van der Waals surface area (Å²) in [5.74, 6) is -0.593. The summed E-state index contributed by atoms with van der Waals surface area (Å²) >= 11 is 0. The third-order valence-corrected chi connectivity index (χ3v) is 5.14. The number of nitrogens with two attached hydrogens (primary N) is 1. The van der Waals surface area contributed by atoms with Gasteiger partial charge in [-0.2, -0.15) is 0 Å². The van der Waals surface area contributed by atoms with E-state index in [-0.39, 0.29) is 9.79 Å². The number of hydrogen-bond donors (Lipinski definition) is 1. The van der Waals surface area contributed by atoms with E-state index in [0.29, 0.717) is 24.1 Å². The smallest absolute Gasteiger partial charge is 0.208 e. The Hall–Kier alpha value is -2.25. The molecule has 1 aromatic carbocycles. The van der Waals surface area contributed by atoms with Crippen LogP contribution in [0.15, 0.2) is 58.6 Å². The molecule has 7 heteroatoms. The summed E-state index contributed by atoms with van der Waals surface area (Å²) in [6, 6.07) is 8.32. The third-order valence-electron chi connectivity index (χ3n) is 3.36. The van der Waals surface area contributed by atoms with Gasteiger partial charge in [0.25, 0.3) is 0 Å². The Morgan fingerprint density at radius 2 is 2.05 bits per heavy atom. The average molecular weight is 319 g/mol. The second-order valence-electron chi connectivity index (χ2n) is 4.81. The molecule has 0 saturated carbocycles. The topological polar surface area (TPSA) is 78.0 Å². The standard InChI is InChI=1S/C15H14FN3O2S/c16-11-3-1-4-12(9-11)22(20,21)14-10-19(8-6-17)15-13(14)5-2-7-18-15/h1-5,7,9-10H,6,8,17H2. The van der Waals surface area contributed by atoms with Crippen molar-refractivity contribution in [1.82, 2.24) is 9.55 Å². The molecule has 0 atom stereocenters. The maximum absolute atomic E-state index is 13.4. The highest BCUT2D eigenvalue weighted by molar-refractivity contribution is 7.91. The molecule has 0 spiro atoms. The van der Waals surface area contributed by atoms with Crippen LogP contribution < -0.4 is 5.73 Å². The molecule has 5 nitrogen and oxygen atoms in total. The molecule has 0 amide bonds. The van der Waals surface area contributed by atoms with Crippen molar-refractivity contribution >= 4 is 20.9 Å². The molecule has 0 saturated heterocycles. The highest BCUT2D eigenvalue weighted by Gasteiger charge is 2.24. The molecule has 22 heavy (non-hydrogen) atoms. The molecule has 0 aliphatic carbocycles. The van der Waals surface area contributed by atoms with Crippen LogP contribution in [0.4, 0.5) is 4.39 Å². The van der Waals surface area contributed by atoms with Gasteiger partial charge in [-0.3, -0.25) is 0 Å². The number of halogens is 1. The Bertz CT molecular complexity index is 935. The molecule has 0 radical (unpaired) electrons.